The minimum Gasteiger partial charge on any atom is -0.317 e. The highest BCUT2D eigenvalue weighted by Gasteiger charge is 2.10. The number of nitrogens with one attached hydrogen (secondary N) is 2. The van der Waals surface area contributed by atoms with E-state index in [0.29, 0.717) is 10.7 Å². The van der Waals surface area contributed by atoms with Gasteiger partial charge in [-0.1, -0.05) is 11.6 Å². The van der Waals surface area contributed by atoms with Gasteiger partial charge in [-0.25, -0.2) is 4.98 Å². The van der Waals surface area contributed by atoms with Gasteiger partial charge < -0.3 is 5.32 Å². The van der Waals surface area contributed by atoms with Gasteiger partial charge in [-0.3, -0.25) is 14.9 Å². The molecule has 2 heterocycles. The molecular weight excluding hydrogens is 218 g/mol. The number of hydrogen-bond acceptors (Lipinski definition) is 4. The van der Waals surface area contributed by atoms with Crippen molar-refractivity contribution in [2.45, 2.75) is 0 Å². The summed E-state index contributed by atoms with van der Waals surface area (Å²) in [6.45, 7) is 0. The molecule has 7 heteroatoms. The van der Waals surface area contributed by atoms with E-state index in [2.05, 4.69) is 25.5 Å². The number of anilines is 1. The Morgan fingerprint density at radius 2 is 2.40 bits per heavy atom. The fourth-order valence-corrected chi connectivity index (χ4v) is 1.12. The smallest absolute Gasteiger partial charge is 0.293 e. The molecule has 0 aromatic carbocycles. The maximum absolute atomic E-state index is 11.5. The first kappa shape index (κ1) is 9.60. The molecule has 0 saturated carbocycles. The number of carbonyl (C=O) groups excluding carboxylic acids is 1. The zero-order valence-electron chi connectivity index (χ0n) is 7.44. The van der Waals surface area contributed by atoms with Gasteiger partial charge >= 0.3 is 0 Å². The Balaban J connectivity index is 2.17. The van der Waals surface area contributed by atoms with Crippen molar-refractivity contribution in [1.29, 1.82) is 0 Å². The fraction of sp³-hybridized carbons (Fsp3) is 0. The number of hydrogen-bond donors (Lipinski definition) is 2. The van der Waals surface area contributed by atoms with Gasteiger partial charge in [-0.15, -0.1) is 0 Å². The van der Waals surface area contributed by atoms with Crippen LogP contribution in [0.4, 0.5) is 5.69 Å². The van der Waals surface area contributed by atoms with E-state index in [-0.39, 0.29) is 5.82 Å². The predicted molar refractivity (Wildman–Crippen MR) is 53.6 cm³/mol. The Hall–Kier alpha value is -1.95. The quantitative estimate of drug-likeness (QED) is 0.799. The van der Waals surface area contributed by atoms with E-state index in [1.54, 1.807) is 6.07 Å². The summed E-state index contributed by atoms with van der Waals surface area (Å²) >= 11 is 5.83. The lowest BCUT2D eigenvalue weighted by molar-refractivity contribution is 0.101. The summed E-state index contributed by atoms with van der Waals surface area (Å²) in [7, 11) is 0. The van der Waals surface area contributed by atoms with Gasteiger partial charge in [-0.2, -0.15) is 5.10 Å². The monoisotopic (exact) mass is 223 g/mol. The van der Waals surface area contributed by atoms with Crippen molar-refractivity contribution < 1.29 is 4.79 Å². The molecule has 0 radical (unpaired) electrons. The lowest BCUT2D eigenvalue weighted by Crippen LogP contribution is -2.14. The lowest BCUT2D eigenvalue weighted by atomic mass is 10.4. The first-order valence-electron chi connectivity index (χ1n) is 4.03. The van der Waals surface area contributed by atoms with Gasteiger partial charge in [0.15, 0.2) is 0 Å². The molecule has 0 aliphatic heterocycles. The van der Waals surface area contributed by atoms with Crippen molar-refractivity contribution in [3.63, 3.8) is 0 Å². The maximum atomic E-state index is 11.5. The van der Waals surface area contributed by atoms with Gasteiger partial charge in [0, 0.05) is 6.20 Å². The van der Waals surface area contributed by atoms with Crippen LogP contribution < -0.4 is 5.32 Å². The second-order valence-electron chi connectivity index (χ2n) is 2.64. The highest BCUT2D eigenvalue weighted by Crippen LogP contribution is 2.19. The summed E-state index contributed by atoms with van der Waals surface area (Å²) in [5.74, 6) is -0.294. The van der Waals surface area contributed by atoms with Crippen LogP contribution in [-0.4, -0.2) is 26.1 Å². The molecule has 0 saturated heterocycles. The molecule has 0 unspecified atom stereocenters. The molecule has 0 bridgehead atoms. The summed E-state index contributed by atoms with van der Waals surface area (Å²) in [5.41, 5.74) is 0.431. The number of pyridine rings is 1. The topological polar surface area (TPSA) is 83.6 Å². The van der Waals surface area contributed by atoms with Crippen molar-refractivity contribution in [3.05, 3.63) is 35.6 Å². The molecule has 6 nitrogen and oxygen atoms in total. The van der Waals surface area contributed by atoms with Crippen LogP contribution in [0.2, 0.25) is 5.02 Å². The minimum atomic E-state index is -0.414. The van der Waals surface area contributed by atoms with Crippen molar-refractivity contribution in [2.75, 3.05) is 5.32 Å². The van der Waals surface area contributed by atoms with Crippen molar-refractivity contribution in [3.8, 4) is 0 Å². The SMILES string of the molecule is O=C(Nc1cnccc1Cl)c1ncn[nH]1. The van der Waals surface area contributed by atoms with Crippen LogP contribution in [0.5, 0.6) is 0 Å². The van der Waals surface area contributed by atoms with Crippen molar-refractivity contribution in [2.24, 2.45) is 0 Å². The standard InChI is InChI=1S/C8H6ClN5O/c9-5-1-2-10-3-6(5)13-8(15)7-11-4-12-14-7/h1-4H,(H,13,15)(H,11,12,14). The molecule has 76 valence electrons. The fourth-order valence-electron chi connectivity index (χ4n) is 0.966. The van der Waals surface area contributed by atoms with E-state index < -0.39 is 5.91 Å². The second kappa shape index (κ2) is 4.05. The number of halogens is 1. The molecular formula is C8H6ClN5O. The van der Waals surface area contributed by atoms with Crippen molar-refractivity contribution >= 4 is 23.2 Å². The van der Waals surface area contributed by atoms with E-state index >= 15 is 0 Å². The largest absolute Gasteiger partial charge is 0.317 e. The van der Waals surface area contributed by atoms with Gasteiger partial charge in [0.1, 0.15) is 6.33 Å². The lowest BCUT2D eigenvalue weighted by Gasteiger charge is -2.03. The van der Waals surface area contributed by atoms with Crippen LogP contribution >= 0.6 is 11.6 Å². The number of rotatable bonds is 2. The van der Waals surface area contributed by atoms with Crippen LogP contribution in [0.3, 0.4) is 0 Å². The molecule has 0 aliphatic carbocycles. The zero-order valence-corrected chi connectivity index (χ0v) is 8.19. The van der Waals surface area contributed by atoms with Crippen LogP contribution in [0.25, 0.3) is 0 Å². The van der Waals surface area contributed by atoms with Crippen molar-refractivity contribution in [1.82, 2.24) is 20.2 Å². The van der Waals surface area contributed by atoms with Crippen LogP contribution in [-0.2, 0) is 0 Å². The number of amides is 1. The molecule has 0 atom stereocenters. The summed E-state index contributed by atoms with van der Waals surface area (Å²) in [5, 5.41) is 8.96. The Labute approximate surface area is 89.7 Å². The van der Waals surface area contributed by atoms with Gasteiger partial charge in [-0.05, 0) is 6.07 Å². The molecule has 2 aromatic heterocycles. The molecule has 2 aromatic rings. The summed E-state index contributed by atoms with van der Waals surface area (Å²) < 4.78 is 0. The Morgan fingerprint density at radius 3 is 3.07 bits per heavy atom. The number of aromatic amines is 1. The van der Waals surface area contributed by atoms with E-state index in [1.807, 2.05) is 0 Å². The Morgan fingerprint density at radius 1 is 1.53 bits per heavy atom. The first-order chi connectivity index (χ1) is 7.27. The van der Waals surface area contributed by atoms with Gasteiger partial charge in [0.2, 0.25) is 5.82 Å². The average Bonchev–Trinajstić information content (AvgIpc) is 2.74. The first-order valence-corrected chi connectivity index (χ1v) is 4.41. The van der Waals surface area contributed by atoms with Gasteiger partial charge in [0.25, 0.3) is 5.91 Å². The number of carbonyl (C=O) groups is 1. The van der Waals surface area contributed by atoms with Crippen LogP contribution in [0, 0.1) is 0 Å². The van der Waals surface area contributed by atoms with Gasteiger partial charge in [0.05, 0.1) is 16.9 Å². The summed E-state index contributed by atoms with van der Waals surface area (Å²) in [4.78, 5) is 19.0. The molecule has 0 aliphatic rings. The van der Waals surface area contributed by atoms with Crippen LogP contribution in [0.15, 0.2) is 24.8 Å². The molecule has 0 fully saturated rings. The number of aromatic nitrogens is 4. The average molecular weight is 224 g/mol. The van der Waals surface area contributed by atoms with E-state index in [0.717, 1.165) is 0 Å². The third-order valence-corrected chi connectivity index (χ3v) is 1.98. The van der Waals surface area contributed by atoms with E-state index in [4.69, 9.17) is 11.6 Å². The Kier molecular flexibility index (Phi) is 2.59. The Bertz CT molecular complexity index is 470. The summed E-state index contributed by atoms with van der Waals surface area (Å²) in [6, 6.07) is 1.58. The highest BCUT2D eigenvalue weighted by atomic mass is 35.5. The zero-order chi connectivity index (χ0) is 10.7. The third kappa shape index (κ3) is 2.10. The summed E-state index contributed by atoms with van der Waals surface area (Å²) in [6.07, 6.45) is 4.24. The highest BCUT2D eigenvalue weighted by molar-refractivity contribution is 6.33. The second-order valence-corrected chi connectivity index (χ2v) is 3.05. The normalized spacial score (nSPS) is 9.93. The molecule has 2 rings (SSSR count). The number of H-pyrrole nitrogens is 1. The third-order valence-electron chi connectivity index (χ3n) is 1.65. The molecule has 1 amide bonds. The van der Waals surface area contributed by atoms with E-state index in [1.165, 1.54) is 18.7 Å². The van der Waals surface area contributed by atoms with E-state index in [9.17, 15) is 4.79 Å². The maximum Gasteiger partial charge on any atom is 0.293 e. The molecule has 0 spiro atoms. The molecule has 2 N–H and O–H groups in total. The number of nitrogens with zero attached hydrogens (tertiary/aromatic N) is 3. The minimum absolute atomic E-state index is 0.120. The van der Waals surface area contributed by atoms with Crippen LogP contribution in [0.1, 0.15) is 10.6 Å². The molecule has 15 heavy (non-hydrogen) atoms. The predicted octanol–water partition coefficient (Wildman–Crippen LogP) is 1.11.